The van der Waals surface area contributed by atoms with Crippen LogP contribution in [0.15, 0.2) is 10.6 Å². The van der Waals surface area contributed by atoms with E-state index in [0.29, 0.717) is 11.7 Å². The minimum Gasteiger partial charge on any atom is -0.333 e. The van der Waals surface area contributed by atoms with Gasteiger partial charge in [-0.15, -0.1) is 23.7 Å². The summed E-state index contributed by atoms with van der Waals surface area (Å²) in [5.41, 5.74) is 7.27. The predicted octanol–water partition coefficient (Wildman–Crippen LogP) is 3.82. The molecule has 1 aliphatic rings. The van der Waals surface area contributed by atoms with Crippen molar-refractivity contribution in [1.29, 1.82) is 0 Å². The maximum Gasteiger partial charge on any atom is 0.268 e. The van der Waals surface area contributed by atoms with Gasteiger partial charge >= 0.3 is 0 Å². The molecule has 2 aromatic heterocycles. The Morgan fingerprint density at radius 1 is 1.40 bits per heavy atom. The number of aromatic nitrogens is 2. The minimum absolute atomic E-state index is 0. The van der Waals surface area contributed by atoms with Crippen LogP contribution in [0, 0.1) is 6.92 Å². The van der Waals surface area contributed by atoms with Gasteiger partial charge in [0.15, 0.2) is 5.82 Å². The van der Waals surface area contributed by atoms with Crippen molar-refractivity contribution in [3.63, 3.8) is 0 Å². The van der Waals surface area contributed by atoms with E-state index in [-0.39, 0.29) is 17.9 Å². The molecule has 1 aliphatic carbocycles. The highest BCUT2D eigenvalue weighted by Crippen LogP contribution is 2.36. The topological polar surface area (TPSA) is 64.9 Å². The van der Waals surface area contributed by atoms with Crippen molar-refractivity contribution in [2.45, 2.75) is 51.5 Å². The second-order valence-corrected chi connectivity index (χ2v) is 6.49. The third-order valence-electron chi connectivity index (χ3n) is 3.92. The minimum atomic E-state index is -0.373. The highest BCUT2D eigenvalue weighted by Gasteiger charge is 2.36. The molecule has 0 aliphatic heterocycles. The lowest BCUT2D eigenvalue weighted by Gasteiger charge is -2.17. The molecule has 2 N–H and O–H groups in total. The molecule has 0 atom stereocenters. The van der Waals surface area contributed by atoms with Gasteiger partial charge in [0, 0.05) is 4.88 Å². The van der Waals surface area contributed by atoms with E-state index in [2.05, 4.69) is 30.1 Å². The summed E-state index contributed by atoms with van der Waals surface area (Å²) in [6.07, 6.45) is 5.25. The highest BCUT2D eigenvalue weighted by atomic mass is 35.5. The average molecular weight is 314 g/mol. The molecule has 110 valence electrons. The molecular weight excluding hydrogens is 294 g/mol. The average Bonchev–Trinajstić information content (AvgIpc) is 3.07. The molecular formula is C14H20ClN3OS. The van der Waals surface area contributed by atoms with E-state index in [1.165, 1.54) is 10.4 Å². The number of thiophene rings is 1. The van der Waals surface area contributed by atoms with Gasteiger partial charge in [-0.1, -0.05) is 24.9 Å². The smallest absolute Gasteiger partial charge is 0.268 e. The molecule has 0 aromatic carbocycles. The van der Waals surface area contributed by atoms with Crippen molar-refractivity contribution in [2.75, 3.05) is 0 Å². The first-order chi connectivity index (χ1) is 9.12. The van der Waals surface area contributed by atoms with Crippen molar-refractivity contribution >= 4 is 23.7 Å². The fraction of sp³-hybridized carbons (Fsp3) is 0.571. The molecule has 0 radical (unpaired) electrons. The summed E-state index contributed by atoms with van der Waals surface area (Å²) in [5.74, 6) is 1.28. The van der Waals surface area contributed by atoms with E-state index in [1.807, 2.05) is 0 Å². The van der Waals surface area contributed by atoms with Gasteiger partial charge in [-0.05, 0) is 37.8 Å². The SMILES string of the molecule is CCc1sc(-c2nc(C3(N)CCCC3)no2)cc1C.Cl. The van der Waals surface area contributed by atoms with E-state index in [9.17, 15) is 0 Å². The molecule has 0 unspecified atom stereocenters. The van der Waals surface area contributed by atoms with Gasteiger partial charge in [0.05, 0.1) is 10.4 Å². The molecule has 2 heterocycles. The summed E-state index contributed by atoms with van der Waals surface area (Å²) >= 11 is 1.73. The third-order valence-corrected chi connectivity index (χ3v) is 5.29. The molecule has 4 nitrogen and oxygen atoms in total. The Hall–Kier alpha value is -0.910. The fourth-order valence-electron chi connectivity index (χ4n) is 2.73. The maximum atomic E-state index is 6.35. The first-order valence-electron chi connectivity index (χ1n) is 6.85. The molecule has 6 heteroatoms. The van der Waals surface area contributed by atoms with Crippen LogP contribution in [-0.2, 0) is 12.0 Å². The van der Waals surface area contributed by atoms with Crippen LogP contribution in [0.25, 0.3) is 10.8 Å². The normalized spacial score (nSPS) is 17.1. The van der Waals surface area contributed by atoms with Gasteiger partial charge < -0.3 is 10.3 Å². The summed E-state index contributed by atoms with van der Waals surface area (Å²) in [7, 11) is 0. The largest absolute Gasteiger partial charge is 0.333 e. The lowest BCUT2D eigenvalue weighted by Crippen LogP contribution is -2.34. The number of nitrogens with two attached hydrogens (primary N) is 1. The first-order valence-corrected chi connectivity index (χ1v) is 7.67. The van der Waals surface area contributed by atoms with Crippen LogP contribution in [-0.4, -0.2) is 10.1 Å². The van der Waals surface area contributed by atoms with E-state index in [0.717, 1.165) is 37.0 Å². The van der Waals surface area contributed by atoms with Crippen LogP contribution in [0.4, 0.5) is 0 Å². The molecule has 0 saturated heterocycles. The standard InChI is InChI=1S/C14H19N3OS.ClH/c1-3-10-9(2)8-11(19-10)12-16-13(17-18-12)14(15)6-4-5-7-14;/h8H,3-7,15H2,1-2H3;1H. The van der Waals surface area contributed by atoms with Crippen LogP contribution in [0.3, 0.4) is 0 Å². The Kier molecular flexibility index (Phi) is 4.52. The molecule has 20 heavy (non-hydrogen) atoms. The van der Waals surface area contributed by atoms with Gasteiger partial charge in [-0.2, -0.15) is 4.98 Å². The van der Waals surface area contributed by atoms with E-state index in [4.69, 9.17) is 10.3 Å². The van der Waals surface area contributed by atoms with Crippen molar-refractivity contribution in [3.05, 3.63) is 22.3 Å². The first kappa shape index (κ1) is 15.5. The van der Waals surface area contributed by atoms with E-state index < -0.39 is 0 Å². The molecule has 1 fully saturated rings. The van der Waals surface area contributed by atoms with E-state index >= 15 is 0 Å². The molecule has 0 spiro atoms. The van der Waals surface area contributed by atoms with Crippen molar-refractivity contribution < 1.29 is 4.52 Å². The molecule has 3 rings (SSSR count). The lowest BCUT2D eigenvalue weighted by atomic mass is 9.99. The van der Waals surface area contributed by atoms with Gasteiger partial charge in [0.25, 0.3) is 5.89 Å². The molecule has 2 aromatic rings. The summed E-state index contributed by atoms with van der Waals surface area (Å²) in [6.45, 7) is 4.28. The molecule has 1 saturated carbocycles. The number of rotatable bonds is 3. The number of aryl methyl sites for hydroxylation is 2. The Balaban J connectivity index is 0.00000147. The zero-order valence-corrected chi connectivity index (χ0v) is 13.4. The monoisotopic (exact) mass is 313 g/mol. The van der Waals surface area contributed by atoms with Gasteiger partial charge in [0.2, 0.25) is 0 Å². The molecule has 0 amide bonds. The maximum absolute atomic E-state index is 6.35. The summed E-state index contributed by atoms with van der Waals surface area (Å²) < 4.78 is 5.41. The van der Waals surface area contributed by atoms with Crippen LogP contribution >= 0.6 is 23.7 Å². The quantitative estimate of drug-likeness (QED) is 0.935. The van der Waals surface area contributed by atoms with Crippen molar-refractivity contribution in [2.24, 2.45) is 5.73 Å². The van der Waals surface area contributed by atoms with Crippen molar-refractivity contribution in [1.82, 2.24) is 10.1 Å². The Morgan fingerprint density at radius 2 is 2.10 bits per heavy atom. The van der Waals surface area contributed by atoms with Gasteiger partial charge in [0.1, 0.15) is 0 Å². The van der Waals surface area contributed by atoms with E-state index in [1.54, 1.807) is 11.3 Å². The van der Waals surface area contributed by atoms with Crippen LogP contribution in [0.5, 0.6) is 0 Å². The van der Waals surface area contributed by atoms with Crippen LogP contribution in [0.2, 0.25) is 0 Å². The highest BCUT2D eigenvalue weighted by molar-refractivity contribution is 7.15. The second-order valence-electron chi connectivity index (χ2n) is 5.36. The van der Waals surface area contributed by atoms with Crippen molar-refractivity contribution in [3.8, 4) is 10.8 Å². The van der Waals surface area contributed by atoms with Crippen LogP contribution in [0.1, 0.15) is 48.9 Å². The summed E-state index contributed by atoms with van der Waals surface area (Å²) in [6, 6.07) is 2.12. The fourth-order valence-corrected chi connectivity index (χ4v) is 3.77. The van der Waals surface area contributed by atoms with Crippen LogP contribution < -0.4 is 5.73 Å². The number of hydrogen-bond donors (Lipinski definition) is 1. The Bertz CT molecular complexity index is 587. The van der Waals surface area contributed by atoms with Gasteiger partial charge in [-0.3, -0.25) is 0 Å². The molecule has 0 bridgehead atoms. The Labute approximate surface area is 129 Å². The summed E-state index contributed by atoms with van der Waals surface area (Å²) in [4.78, 5) is 6.95. The third kappa shape index (κ3) is 2.62. The Morgan fingerprint density at radius 3 is 2.70 bits per heavy atom. The summed E-state index contributed by atoms with van der Waals surface area (Å²) in [5, 5.41) is 4.11. The number of hydrogen-bond acceptors (Lipinski definition) is 5. The number of halogens is 1. The zero-order chi connectivity index (χ0) is 13.5. The zero-order valence-electron chi connectivity index (χ0n) is 11.8. The number of nitrogens with zero attached hydrogens (tertiary/aromatic N) is 2. The lowest BCUT2D eigenvalue weighted by molar-refractivity contribution is 0.373. The predicted molar refractivity (Wildman–Crippen MR) is 83.3 cm³/mol. The van der Waals surface area contributed by atoms with Gasteiger partial charge in [-0.25, -0.2) is 0 Å². The second kappa shape index (κ2) is 5.84.